The predicted octanol–water partition coefficient (Wildman–Crippen LogP) is 2.23. The molecular formula is C13H17FN2O4. The zero-order valence-electron chi connectivity index (χ0n) is 11.6. The summed E-state index contributed by atoms with van der Waals surface area (Å²) in [5.74, 6) is -1.38. The van der Waals surface area contributed by atoms with E-state index >= 15 is 0 Å². The third-order valence-corrected chi connectivity index (χ3v) is 2.61. The summed E-state index contributed by atoms with van der Waals surface area (Å²) in [6.45, 7) is 4.47. The Balaban J connectivity index is 2.76. The number of likely N-dealkylation sites (N-methyl/N-ethyl adjacent to an activating group) is 1. The summed E-state index contributed by atoms with van der Waals surface area (Å²) in [6.07, 6.45) is 0.0606. The summed E-state index contributed by atoms with van der Waals surface area (Å²) in [6, 6.07) is 3.09. The molecule has 0 heterocycles. The summed E-state index contributed by atoms with van der Waals surface area (Å²) in [4.78, 5) is 23.2. The van der Waals surface area contributed by atoms with Crippen molar-refractivity contribution in [2.75, 3.05) is 20.2 Å². The van der Waals surface area contributed by atoms with E-state index < -0.39 is 22.3 Å². The molecule has 0 radical (unpaired) electrons. The van der Waals surface area contributed by atoms with E-state index in [4.69, 9.17) is 4.74 Å². The number of nitro groups is 1. The fourth-order valence-corrected chi connectivity index (χ4v) is 1.53. The Bertz CT molecular complexity index is 505. The number of rotatable bonds is 6. The summed E-state index contributed by atoms with van der Waals surface area (Å²) in [5, 5.41) is 10.6. The van der Waals surface area contributed by atoms with Gasteiger partial charge in [0.25, 0.3) is 5.91 Å². The molecule has 1 rings (SSSR count). The zero-order chi connectivity index (χ0) is 15.3. The Morgan fingerprint density at radius 1 is 1.50 bits per heavy atom. The minimum Gasteiger partial charge on any atom is -0.377 e. The Labute approximate surface area is 116 Å². The number of hydrogen-bond donors (Lipinski definition) is 0. The second kappa shape index (κ2) is 6.95. The molecule has 1 amide bonds. The fraction of sp³-hybridized carbons (Fsp3) is 0.462. The third-order valence-electron chi connectivity index (χ3n) is 2.61. The quantitative estimate of drug-likeness (QED) is 0.593. The van der Waals surface area contributed by atoms with Crippen LogP contribution >= 0.6 is 0 Å². The topological polar surface area (TPSA) is 72.7 Å². The highest BCUT2D eigenvalue weighted by Crippen LogP contribution is 2.19. The van der Waals surface area contributed by atoms with Gasteiger partial charge < -0.3 is 9.64 Å². The smallest absolute Gasteiger partial charge is 0.305 e. The maximum absolute atomic E-state index is 13.2. The first-order valence-corrected chi connectivity index (χ1v) is 6.14. The van der Waals surface area contributed by atoms with E-state index in [1.54, 1.807) is 7.05 Å². The molecule has 0 N–H and O–H groups in total. The lowest BCUT2D eigenvalue weighted by Gasteiger charge is -2.18. The van der Waals surface area contributed by atoms with Gasteiger partial charge >= 0.3 is 5.69 Å². The van der Waals surface area contributed by atoms with Crippen LogP contribution in [-0.4, -0.2) is 42.0 Å². The van der Waals surface area contributed by atoms with Crippen molar-refractivity contribution in [3.63, 3.8) is 0 Å². The van der Waals surface area contributed by atoms with Crippen molar-refractivity contribution in [3.05, 3.63) is 39.7 Å². The lowest BCUT2D eigenvalue weighted by molar-refractivity contribution is -0.387. The number of carbonyl (C=O) groups excluding carboxylic acids is 1. The Morgan fingerprint density at radius 2 is 2.15 bits per heavy atom. The van der Waals surface area contributed by atoms with Crippen molar-refractivity contribution >= 4 is 11.6 Å². The molecule has 0 saturated heterocycles. The molecule has 0 bridgehead atoms. The largest absolute Gasteiger partial charge is 0.377 e. The van der Waals surface area contributed by atoms with Gasteiger partial charge in [0.2, 0.25) is 5.82 Å². The molecule has 0 atom stereocenters. The molecule has 1 aromatic carbocycles. The Morgan fingerprint density at radius 3 is 2.70 bits per heavy atom. The van der Waals surface area contributed by atoms with Crippen LogP contribution < -0.4 is 0 Å². The van der Waals surface area contributed by atoms with Crippen molar-refractivity contribution in [2.24, 2.45) is 0 Å². The van der Waals surface area contributed by atoms with Gasteiger partial charge in [-0.1, -0.05) is 0 Å². The van der Waals surface area contributed by atoms with E-state index in [2.05, 4.69) is 0 Å². The normalized spacial score (nSPS) is 10.7. The van der Waals surface area contributed by atoms with E-state index in [0.717, 1.165) is 12.1 Å². The van der Waals surface area contributed by atoms with Gasteiger partial charge in [0, 0.05) is 25.2 Å². The molecule has 0 aliphatic carbocycles. The van der Waals surface area contributed by atoms with E-state index in [1.807, 2.05) is 13.8 Å². The monoisotopic (exact) mass is 284 g/mol. The second-order valence-electron chi connectivity index (χ2n) is 4.57. The van der Waals surface area contributed by atoms with Gasteiger partial charge in [-0.25, -0.2) is 0 Å². The standard InChI is InChI=1S/C13H17FN2O4/c1-9(2)20-7-6-15(3)13(17)10-4-5-11(14)12(8-10)16(18)19/h4-5,8-9H,6-7H2,1-3H3. The molecule has 7 heteroatoms. The van der Waals surface area contributed by atoms with Gasteiger partial charge in [-0.3, -0.25) is 14.9 Å². The van der Waals surface area contributed by atoms with Crippen LogP contribution in [0.1, 0.15) is 24.2 Å². The highest BCUT2D eigenvalue weighted by atomic mass is 19.1. The van der Waals surface area contributed by atoms with Crippen LogP contribution in [0, 0.1) is 15.9 Å². The van der Waals surface area contributed by atoms with Crippen molar-refractivity contribution < 1.29 is 18.8 Å². The second-order valence-corrected chi connectivity index (χ2v) is 4.57. The molecule has 0 fully saturated rings. The summed E-state index contributed by atoms with van der Waals surface area (Å²) >= 11 is 0. The van der Waals surface area contributed by atoms with E-state index in [9.17, 15) is 19.3 Å². The highest BCUT2D eigenvalue weighted by molar-refractivity contribution is 5.94. The molecular weight excluding hydrogens is 267 g/mol. The molecule has 20 heavy (non-hydrogen) atoms. The average Bonchev–Trinajstić information content (AvgIpc) is 2.37. The summed E-state index contributed by atoms with van der Waals surface area (Å²) in [7, 11) is 1.56. The molecule has 0 aromatic heterocycles. The van der Waals surface area contributed by atoms with Crippen LogP contribution in [0.4, 0.5) is 10.1 Å². The van der Waals surface area contributed by atoms with Crippen molar-refractivity contribution in [1.82, 2.24) is 4.90 Å². The van der Waals surface area contributed by atoms with Crippen molar-refractivity contribution in [1.29, 1.82) is 0 Å². The van der Waals surface area contributed by atoms with E-state index in [-0.39, 0.29) is 11.7 Å². The first-order valence-electron chi connectivity index (χ1n) is 6.14. The number of carbonyl (C=O) groups is 1. The molecule has 0 unspecified atom stereocenters. The SMILES string of the molecule is CC(C)OCCN(C)C(=O)c1ccc(F)c([N+](=O)[O-])c1. The van der Waals surface area contributed by atoms with E-state index in [0.29, 0.717) is 13.2 Å². The van der Waals surface area contributed by atoms with Crippen LogP contribution in [0.2, 0.25) is 0 Å². The van der Waals surface area contributed by atoms with Gasteiger partial charge in [0.1, 0.15) is 0 Å². The maximum Gasteiger partial charge on any atom is 0.305 e. The minimum absolute atomic E-state index is 0.0606. The third kappa shape index (κ3) is 4.27. The summed E-state index contributed by atoms with van der Waals surface area (Å²) in [5.41, 5.74) is -0.632. The average molecular weight is 284 g/mol. The number of ether oxygens (including phenoxy) is 1. The Kier molecular flexibility index (Phi) is 5.57. The van der Waals surface area contributed by atoms with Crippen LogP contribution in [0.3, 0.4) is 0 Å². The number of nitrogens with zero attached hydrogens (tertiary/aromatic N) is 2. The van der Waals surface area contributed by atoms with Crippen LogP contribution in [0.25, 0.3) is 0 Å². The molecule has 1 aromatic rings. The van der Waals surface area contributed by atoms with Gasteiger partial charge in [0.15, 0.2) is 0 Å². The van der Waals surface area contributed by atoms with Gasteiger partial charge in [-0.05, 0) is 26.0 Å². The van der Waals surface area contributed by atoms with Gasteiger partial charge in [0.05, 0.1) is 17.6 Å². The molecule has 0 aliphatic heterocycles. The first kappa shape index (κ1) is 16.0. The summed E-state index contributed by atoms with van der Waals surface area (Å²) < 4.78 is 18.5. The van der Waals surface area contributed by atoms with Gasteiger partial charge in [-0.2, -0.15) is 4.39 Å². The lowest BCUT2D eigenvalue weighted by Crippen LogP contribution is -2.30. The van der Waals surface area contributed by atoms with Crippen LogP contribution in [0.15, 0.2) is 18.2 Å². The van der Waals surface area contributed by atoms with Crippen LogP contribution in [0.5, 0.6) is 0 Å². The van der Waals surface area contributed by atoms with Crippen molar-refractivity contribution in [3.8, 4) is 0 Å². The number of nitro benzene ring substituents is 1. The number of halogens is 1. The highest BCUT2D eigenvalue weighted by Gasteiger charge is 2.19. The predicted molar refractivity (Wildman–Crippen MR) is 71.1 cm³/mol. The number of amides is 1. The van der Waals surface area contributed by atoms with E-state index in [1.165, 1.54) is 11.0 Å². The number of hydrogen-bond acceptors (Lipinski definition) is 4. The van der Waals surface area contributed by atoms with Gasteiger partial charge in [-0.15, -0.1) is 0 Å². The Hall–Kier alpha value is -2.02. The fourth-order valence-electron chi connectivity index (χ4n) is 1.53. The maximum atomic E-state index is 13.2. The zero-order valence-corrected chi connectivity index (χ0v) is 11.6. The minimum atomic E-state index is -0.961. The molecule has 110 valence electrons. The van der Waals surface area contributed by atoms with Crippen LogP contribution in [-0.2, 0) is 4.74 Å². The molecule has 0 aliphatic rings. The lowest BCUT2D eigenvalue weighted by atomic mass is 10.1. The number of benzene rings is 1. The molecule has 0 spiro atoms. The first-order chi connectivity index (χ1) is 9.32. The molecule has 0 saturated carbocycles. The van der Waals surface area contributed by atoms with Crippen molar-refractivity contribution in [2.45, 2.75) is 20.0 Å². The molecule has 6 nitrogen and oxygen atoms in total.